The number of nitrogens with zero attached hydrogens (tertiary/aromatic N) is 2. The van der Waals surface area contributed by atoms with Gasteiger partial charge < -0.3 is 20.1 Å². The van der Waals surface area contributed by atoms with Crippen LogP contribution in [0.15, 0.2) is 36.4 Å². The molecule has 0 unspecified atom stereocenters. The van der Waals surface area contributed by atoms with Gasteiger partial charge in [0.1, 0.15) is 0 Å². The average molecular weight is 443 g/mol. The van der Waals surface area contributed by atoms with E-state index < -0.39 is 0 Å². The number of anilines is 2. The molecule has 5 nitrogen and oxygen atoms in total. The zero-order chi connectivity index (χ0) is 22.7. The lowest BCUT2D eigenvalue weighted by Crippen LogP contribution is -2.39. The molecule has 2 aliphatic heterocycles. The highest BCUT2D eigenvalue weighted by atomic mass is 16.1. The fourth-order valence-electron chi connectivity index (χ4n) is 6.40. The Labute approximate surface area is 196 Å². The summed E-state index contributed by atoms with van der Waals surface area (Å²) in [6, 6.07) is 13.4. The Morgan fingerprint density at radius 1 is 1.06 bits per heavy atom. The lowest BCUT2D eigenvalue weighted by atomic mass is 9.71. The lowest BCUT2D eigenvalue weighted by molar-refractivity contribution is 0.103. The van der Waals surface area contributed by atoms with Crippen LogP contribution in [0.4, 0.5) is 11.4 Å². The number of fused-ring (bicyclic) bond motifs is 4. The van der Waals surface area contributed by atoms with Gasteiger partial charge in [0.2, 0.25) is 0 Å². The van der Waals surface area contributed by atoms with Crippen LogP contribution in [0.3, 0.4) is 0 Å². The molecule has 1 aliphatic carbocycles. The third-order valence-electron chi connectivity index (χ3n) is 8.24. The summed E-state index contributed by atoms with van der Waals surface area (Å²) < 4.78 is 0. The monoisotopic (exact) mass is 442 g/mol. The molecule has 2 saturated heterocycles. The average Bonchev–Trinajstić information content (AvgIpc) is 3.57. The summed E-state index contributed by atoms with van der Waals surface area (Å²) >= 11 is 0. The number of hydrogen-bond donors (Lipinski definition) is 2. The molecule has 5 heteroatoms. The second kappa shape index (κ2) is 7.63. The Kier molecular flexibility index (Phi) is 4.80. The Bertz CT molecular complexity index is 1230. The maximum atomic E-state index is 13.9. The minimum Gasteiger partial charge on any atom is -0.388 e. The fourth-order valence-corrected chi connectivity index (χ4v) is 6.40. The second-order valence-corrected chi connectivity index (χ2v) is 10.6. The number of H-pyrrole nitrogens is 1. The fraction of sp³-hybridized carbons (Fsp3) is 0.464. The van der Waals surface area contributed by atoms with E-state index in [0.29, 0.717) is 6.04 Å². The van der Waals surface area contributed by atoms with E-state index in [1.54, 1.807) is 0 Å². The quantitative estimate of drug-likeness (QED) is 0.587. The summed E-state index contributed by atoms with van der Waals surface area (Å²) in [5.41, 5.74) is 6.89. The van der Waals surface area contributed by atoms with Crippen LogP contribution in [0.5, 0.6) is 0 Å². The topological polar surface area (TPSA) is 51.4 Å². The highest BCUT2D eigenvalue weighted by Gasteiger charge is 2.40. The number of nitrogens with one attached hydrogen (secondary N) is 2. The molecular formula is C28H34N4O. The number of aromatic amines is 1. The zero-order valence-electron chi connectivity index (χ0n) is 20.0. The van der Waals surface area contributed by atoms with Gasteiger partial charge in [-0.2, -0.15) is 0 Å². The van der Waals surface area contributed by atoms with E-state index in [0.717, 1.165) is 52.1 Å². The smallest absolute Gasteiger partial charge is 0.195 e. The first-order valence-corrected chi connectivity index (χ1v) is 12.5. The summed E-state index contributed by atoms with van der Waals surface area (Å²) in [4.78, 5) is 22.7. The number of likely N-dealkylation sites (tertiary alicyclic amines) is 1. The number of carbonyl (C=O) groups excluding carboxylic acids is 1. The molecule has 33 heavy (non-hydrogen) atoms. The van der Waals surface area contributed by atoms with Crippen LogP contribution in [0.25, 0.3) is 10.9 Å². The van der Waals surface area contributed by atoms with Gasteiger partial charge in [-0.3, -0.25) is 4.79 Å². The first-order valence-electron chi connectivity index (χ1n) is 12.5. The predicted molar refractivity (Wildman–Crippen MR) is 136 cm³/mol. The summed E-state index contributed by atoms with van der Waals surface area (Å²) in [6.07, 6.45) is 5.14. The SMILES string of the molecule is CNc1ccc2c3c([nH]c2c1)C(C)(C)c1ccc(N2CCC[C@H]2CN2CCCC2)cc1C3=O. The molecule has 0 bridgehead atoms. The van der Waals surface area contributed by atoms with Crippen molar-refractivity contribution in [2.24, 2.45) is 0 Å². The lowest BCUT2D eigenvalue weighted by Gasteiger charge is -2.34. The number of ketones is 1. The van der Waals surface area contributed by atoms with Crippen molar-refractivity contribution in [3.63, 3.8) is 0 Å². The minimum absolute atomic E-state index is 0.153. The molecule has 0 saturated carbocycles. The molecule has 2 N–H and O–H groups in total. The van der Waals surface area contributed by atoms with Crippen molar-refractivity contribution in [3.05, 3.63) is 58.8 Å². The van der Waals surface area contributed by atoms with Crippen LogP contribution >= 0.6 is 0 Å². The van der Waals surface area contributed by atoms with Crippen LogP contribution in [0.1, 0.15) is 66.7 Å². The van der Waals surface area contributed by atoms with Crippen LogP contribution in [-0.2, 0) is 5.41 Å². The van der Waals surface area contributed by atoms with Crippen molar-refractivity contribution < 1.29 is 4.79 Å². The normalized spacial score (nSPS) is 22.1. The third-order valence-corrected chi connectivity index (χ3v) is 8.24. The molecule has 3 aromatic rings. The molecule has 1 atom stereocenters. The maximum absolute atomic E-state index is 13.9. The maximum Gasteiger partial charge on any atom is 0.195 e. The Morgan fingerprint density at radius 2 is 1.88 bits per heavy atom. The van der Waals surface area contributed by atoms with Gasteiger partial charge in [0.05, 0.1) is 5.56 Å². The van der Waals surface area contributed by atoms with Crippen molar-refractivity contribution >= 4 is 28.1 Å². The molecule has 1 aromatic heterocycles. The van der Waals surface area contributed by atoms with E-state index in [2.05, 4.69) is 70.3 Å². The molecule has 3 aliphatic rings. The number of aromatic nitrogens is 1. The zero-order valence-corrected chi connectivity index (χ0v) is 20.0. The number of benzene rings is 2. The van der Waals surface area contributed by atoms with E-state index in [1.807, 2.05) is 7.05 Å². The molecule has 2 fully saturated rings. The molecule has 0 amide bonds. The Balaban J connectivity index is 1.40. The second-order valence-electron chi connectivity index (χ2n) is 10.6. The van der Waals surface area contributed by atoms with Gasteiger partial charge in [-0.05, 0) is 68.6 Å². The molecule has 6 rings (SSSR count). The van der Waals surface area contributed by atoms with Crippen molar-refractivity contribution in [2.45, 2.75) is 51.0 Å². The Hall–Kier alpha value is -2.79. The number of hydrogen-bond acceptors (Lipinski definition) is 4. The van der Waals surface area contributed by atoms with Gasteiger partial charge in [0, 0.05) is 65.1 Å². The van der Waals surface area contributed by atoms with Crippen LogP contribution in [0, 0.1) is 0 Å². The predicted octanol–water partition coefficient (Wildman–Crippen LogP) is 5.14. The molecule has 3 heterocycles. The number of rotatable bonds is 4. The van der Waals surface area contributed by atoms with Gasteiger partial charge in [-0.1, -0.05) is 26.0 Å². The van der Waals surface area contributed by atoms with Crippen LogP contribution in [-0.4, -0.2) is 54.9 Å². The highest BCUT2D eigenvalue weighted by Crippen LogP contribution is 2.45. The largest absolute Gasteiger partial charge is 0.388 e. The van der Waals surface area contributed by atoms with Gasteiger partial charge in [-0.15, -0.1) is 0 Å². The van der Waals surface area contributed by atoms with E-state index in [1.165, 1.54) is 44.5 Å². The molecule has 172 valence electrons. The summed E-state index contributed by atoms with van der Waals surface area (Å²) in [6.45, 7) is 9.17. The molecule has 0 radical (unpaired) electrons. The summed E-state index contributed by atoms with van der Waals surface area (Å²) in [5, 5.41) is 4.22. The van der Waals surface area contributed by atoms with Crippen molar-refractivity contribution in [3.8, 4) is 0 Å². The number of carbonyl (C=O) groups is 1. The van der Waals surface area contributed by atoms with E-state index in [4.69, 9.17) is 0 Å². The van der Waals surface area contributed by atoms with Gasteiger partial charge in [0.15, 0.2) is 5.78 Å². The van der Waals surface area contributed by atoms with Gasteiger partial charge >= 0.3 is 0 Å². The van der Waals surface area contributed by atoms with E-state index in [9.17, 15) is 4.79 Å². The standard InChI is InChI=1S/C28H34N4O/c1-28(2)23-11-9-19(32-14-6-7-20(32)17-31-12-4-5-13-31)16-22(23)26(33)25-21-10-8-18(29-3)15-24(21)30-27(25)28/h8-11,15-16,20,29-30H,4-7,12-14,17H2,1-3H3/t20-/m0/s1. The molecule has 2 aromatic carbocycles. The van der Waals surface area contributed by atoms with E-state index >= 15 is 0 Å². The Morgan fingerprint density at radius 3 is 2.67 bits per heavy atom. The van der Waals surface area contributed by atoms with Crippen LogP contribution in [0.2, 0.25) is 0 Å². The first-order chi connectivity index (χ1) is 16.0. The summed E-state index contributed by atoms with van der Waals surface area (Å²) in [7, 11) is 1.92. The first kappa shape index (κ1) is 20.8. The molecule has 0 spiro atoms. The summed E-state index contributed by atoms with van der Waals surface area (Å²) in [5.74, 6) is 0.153. The van der Waals surface area contributed by atoms with Gasteiger partial charge in [0.25, 0.3) is 0 Å². The minimum atomic E-state index is -0.254. The van der Waals surface area contributed by atoms with Crippen molar-refractivity contribution in [1.82, 2.24) is 9.88 Å². The van der Waals surface area contributed by atoms with Crippen molar-refractivity contribution in [2.75, 3.05) is 43.4 Å². The highest BCUT2D eigenvalue weighted by molar-refractivity contribution is 6.20. The van der Waals surface area contributed by atoms with Gasteiger partial charge in [-0.25, -0.2) is 0 Å². The molecular weight excluding hydrogens is 408 g/mol. The van der Waals surface area contributed by atoms with Crippen LogP contribution < -0.4 is 10.2 Å². The van der Waals surface area contributed by atoms with E-state index in [-0.39, 0.29) is 11.2 Å². The van der Waals surface area contributed by atoms with Crippen molar-refractivity contribution in [1.29, 1.82) is 0 Å². The third kappa shape index (κ3) is 3.20.